The molecular formula is C31H39N3O5S. The lowest BCUT2D eigenvalue weighted by Gasteiger charge is -2.32. The number of benzene rings is 3. The molecule has 8 nitrogen and oxygen atoms in total. The molecule has 9 heteroatoms. The Hall–Kier alpha value is -3.85. The molecule has 214 valence electrons. The number of carbonyl (C=O) groups is 2. The van der Waals surface area contributed by atoms with Crippen LogP contribution in [0.25, 0.3) is 0 Å². The fourth-order valence-corrected chi connectivity index (χ4v) is 5.56. The molecule has 0 radical (unpaired) electrons. The number of nitrogens with zero attached hydrogens (tertiary/aromatic N) is 2. The van der Waals surface area contributed by atoms with Gasteiger partial charge in [-0.25, -0.2) is 8.42 Å². The van der Waals surface area contributed by atoms with Crippen molar-refractivity contribution < 1.29 is 22.7 Å². The lowest BCUT2D eigenvalue weighted by molar-refractivity contribution is -0.139. The number of hydrogen-bond acceptors (Lipinski definition) is 5. The van der Waals surface area contributed by atoms with Gasteiger partial charge in [0.15, 0.2) is 0 Å². The highest BCUT2D eigenvalue weighted by atomic mass is 32.2. The summed E-state index contributed by atoms with van der Waals surface area (Å²) in [6, 6.07) is 21.4. The monoisotopic (exact) mass is 565 g/mol. The zero-order valence-corrected chi connectivity index (χ0v) is 24.6. The Morgan fingerprint density at radius 1 is 0.900 bits per heavy atom. The quantitative estimate of drug-likeness (QED) is 0.322. The molecule has 0 saturated heterocycles. The van der Waals surface area contributed by atoms with Gasteiger partial charge >= 0.3 is 0 Å². The predicted octanol–water partition coefficient (Wildman–Crippen LogP) is 4.78. The van der Waals surface area contributed by atoms with Crippen LogP contribution in [-0.2, 0) is 26.2 Å². The first-order valence-electron chi connectivity index (χ1n) is 13.5. The third-order valence-corrected chi connectivity index (χ3v) is 8.29. The largest absolute Gasteiger partial charge is 0.494 e. The lowest BCUT2D eigenvalue weighted by atomic mass is 10.1. The maximum atomic E-state index is 14.0. The average Bonchev–Trinajstić information content (AvgIpc) is 2.94. The molecule has 3 aromatic carbocycles. The van der Waals surface area contributed by atoms with E-state index < -0.39 is 28.5 Å². The number of aryl methyl sites for hydroxylation is 1. The van der Waals surface area contributed by atoms with E-state index in [9.17, 15) is 18.0 Å². The second kappa shape index (κ2) is 14.0. The molecule has 40 heavy (non-hydrogen) atoms. The third kappa shape index (κ3) is 7.85. The molecule has 0 saturated carbocycles. The fraction of sp³-hybridized carbons (Fsp3) is 0.355. The van der Waals surface area contributed by atoms with Gasteiger partial charge in [-0.05, 0) is 74.2 Å². The molecule has 0 aliphatic heterocycles. The lowest BCUT2D eigenvalue weighted by Crippen LogP contribution is -2.51. The minimum Gasteiger partial charge on any atom is -0.494 e. The van der Waals surface area contributed by atoms with Crippen molar-refractivity contribution in [2.24, 2.45) is 5.92 Å². The van der Waals surface area contributed by atoms with Crippen molar-refractivity contribution >= 4 is 27.5 Å². The van der Waals surface area contributed by atoms with Crippen LogP contribution in [0, 0.1) is 12.8 Å². The van der Waals surface area contributed by atoms with Crippen LogP contribution in [0.4, 0.5) is 5.69 Å². The number of anilines is 1. The zero-order valence-electron chi connectivity index (χ0n) is 23.8. The van der Waals surface area contributed by atoms with Crippen LogP contribution in [0.1, 0.15) is 38.8 Å². The molecule has 0 aliphatic rings. The summed E-state index contributed by atoms with van der Waals surface area (Å²) in [4.78, 5) is 28.6. The number of rotatable bonds is 13. The Morgan fingerprint density at radius 3 is 2.12 bits per heavy atom. The summed E-state index contributed by atoms with van der Waals surface area (Å²) in [5.74, 6) is 0.0344. The summed E-state index contributed by atoms with van der Waals surface area (Å²) in [6.45, 7) is 10.1. The number of ether oxygens (including phenoxy) is 1. The van der Waals surface area contributed by atoms with Gasteiger partial charge in [-0.2, -0.15) is 0 Å². The van der Waals surface area contributed by atoms with E-state index in [1.54, 1.807) is 49.4 Å². The summed E-state index contributed by atoms with van der Waals surface area (Å²) >= 11 is 0. The SMILES string of the molecule is CCOc1ccc(N(CC(=O)N(Cc2ccccc2C)[C@H](C)C(=O)NCC(C)C)S(=O)(=O)c2ccccc2)cc1. The highest BCUT2D eigenvalue weighted by molar-refractivity contribution is 7.92. The van der Waals surface area contributed by atoms with Gasteiger partial charge in [0.1, 0.15) is 18.3 Å². The van der Waals surface area contributed by atoms with Crippen molar-refractivity contribution in [2.75, 3.05) is 24.0 Å². The third-order valence-electron chi connectivity index (χ3n) is 6.50. The number of amides is 2. The van der Waals surface area contributed by atoms with E-state index in [0.29, 0.717) is 24.6 Å². The Kier molecular flexibility index (Phi) is 10.7. The second-order valence-electron chi connectivity index (χ2n) is 10.0. The van der Waals surface area contributed by atoms with E-state index in [0.717, 1.165) is 15.4 Å². The summed E-state index contributed by atoms with van der Waals surface area (Å²) in [7, 11) is -4.11. The van der Waals surface area contributed by atoms with Gasteiger partial charge in [-0.1, -0.05) is 56.3 Å². The van der Waals surface area contributed by atoms with Crippen LogP contribution in [0.3, 0.4) is 0 Å². The molecule has 0 unspecified atom stereocenters. The van der Waals surface area contributed by atoms with E-state index in [1.807, 2.05) is 52.0 Å². The maximum absolute atomic E-state index is 14.0. The molecule has 3 rings (SSSR count). The number of nitrogens with one attached hydrogen (secondary N) is 1. The summed E-state index contributed by atoms with van der Waals surface area (Å²) in [5.41, 5.74) is 2.15. The van der Waals surface area contributed by atoms with Crippen LogP contribution in [-0.4, -0.2) is 50.9 Å². The van der Waals surface area contributed by atoms with Crippen LogP contribution in [0.15, 0.2) is 83.8 Å². The van der Waals surface area contributed by atoms with E-state index >= 15 is 0 Å². The Labute approximate surface area is 238 Å². The first-order chi connectivity index (χ1) is 19.0. The molecule has 0 aliphatic carbocycles. The average molecular weight is 566 g/mol. The van der Waals surface area contributed by atoms with Crippen LogP contribution < -0.4 is 14.4 Å². The maximum Gasteiger partial charge on any atom is 0.264 e. The number of carbonyl (C=O) groups excluding carboxylic acids is 2. The van der Waals surface area contributed by atoms with Crippen LogP contribution >= 0.6 is 0 Å². The van der Waals surface area contributed by atoms with Gasteiger partial charge < -0.3 is 15.0 Å². The van der Waals surface area contributed by atoms with Crippen molar-refractivity contribution in [1.29, 1.82) is 0 Å². The Bertz CT molecular complexity index is 1380. The normalized spacial score (nSPS) is 12.1. The van der Waals surface area contributed by atoms with Gasteiger partial charge in [-0.15, -0.1) is 0 Å². The molecule has 1 atom stereocenters. The van der Waals surface area contributed by atoms with Gasteiger partial charge in [0.25, 0.3) is 10.0 Å². The van der Waals surface area contributed by atoms with E-state index in [-0.39, 0.29) is 23.3 Å². The number of hydrogen-bond donors (Lipinski definition) is 1. The molecule has 2 amide bonds. The molecule has 0 fully saturated rings. The first kappa shape index (κ1) is 30.7. The van der Waals surface area contributed by atoms with E-state index in [1.165, 1.54) is 17.0 Å². The van der Waals surface area contributed by atoms with E-state index in [4.69, 9.17) is 4.74 Å². The topological polar surface area (TPSA) is 96.0 Å². The van der Waals surface area contributed by atoms with E-state index in [2.05, 4.69) is 5.32 Å². The summed E-state index contributed by atoms with van der Waals surface area (Å²) < 4.78 is 34.3. The van der Waals surface area contributed by atoms with Crippen molar-refractivity contribution in [3.05, 3.63) is 90.0 Å². The summed E-state index contributed by atoms with van der Waals surface area (Å²) in [6.07, 6.45) is 0. The first-order valence-corrected chi connectivity index (χ1v) is 14.9. The van der Waals surface area contributed by atoms with Crippen LogP contribution in [0.5, 0.6) is 5.75 Å². The standard InChI is InChI=1S/C31H39N3O5S/c1-6-39-28-18-16-27(17-19-28)34(40(37,38)29-14-8-7-9-15-29)22-30(35)33(21-26-13-11-10-12-24(26)4)25(5)31(36)32-20-23(2)3/h7-19,23,25H,6,20-22H2,1-5H3,(H,32,36)/t25-/m1/s1. The van der Waals surface area contributed by atoms with Crippen molar-refractivity contribution in [1.82, 2.24) is 10.2 Å². The second-order valence-corrected chi connectivity index (χ2v) is 11.9. The summed E-state index contributed by atoms with van der Waals surface area (Å²) in [5, 5.41) is 2.90. The van der Waals surface area contributed by atoms with Gasteiger partial charge in [-0.3, -0.25) is 13.9 Å². The molecule has 0 aromatic heterocycles. The van der Waals surface area contributed by atoms with Crippen molar-refractivity contribution in [3.8, 4) is 5.75 Å². The molecule has 1 N–H and O–H groups in total. The van der Waals surface area contributed by atoms with Crippen molar-refractivity contribution in [2.45, 2.75) is 52.1 Å². The Morgan fingerprint density at radius 2 is 1.52 bits per heavy atom. The highest BCUT2D eigenvalue weighted by Crippen LogP contribution is 2.26. The number of sulfonamides is 1. The minimum atomic E-state index is -4.11. The smallest absolute Gasteiger partial charge is 0.264 e. The molecule has 0 spiro atoms. The van der Waals surface area contributed by atoms with Crippen LogP contribution in [0.2, 0.25) is 0 Å². The fourth-order valence-electron chi connectivity index (χ4n) is 4.13. The molecule has 3 aromatic rings. The highest BCUT2D eigenvalue weighted by Gasteiger charge is 2.32. The minimum absolute atomic E-state index is 0.0601. The van der Waals surface area contributed by atoms with Gasteiger partial charge in [0.2, 0.25) is 11.8 Å². The Balaban J connectivity index is 2.01. The predicted molar refractivity (Wildman–Crippen MR) is 158 cm³/mol. The molecule has 0 bridgehead atoms. The van der Waals surface area contributed by atoms with Gasteiger partial charge in [0, 0.05) is 13.1 Å². The van der Waals surface area contributed by atoms with Gasteiger partial charge in [0.05, 0.1) is 17.2 Å². The van der Waals surface area contributed by atoms with Crippen molar-refractivity contribution in [3.63, 3.8) is 0 Å². The molecular weight excluding hydrogens is 526 g/mol. The molecule has 0 heterocycles. The zero-order chi connectivity index (χ0) is 29.3.